The molecule has 0 N–H and O–H groups in total. The van der Waals surface area contributed by atoms with Gasteiger partial charge in [-0.2, -0.15) is 8.78 Å². The van der Waals surface area contributed by atoms with E-state index in [0.717, 1.165) is 11.1 Å². The Morgan fingerprint density at radius 1 is 0.914 bits per heavy atom. The highest BCUT2D eigenvalue weighted by Gasteiger charge is 2.31. The smallest absolute Gasteiger partial charge is 0.296 e. The normalized spacial score (nSPS) is 12.3. The summed E-state index contributed by atoms with van der Waals surface area (Å²) >= 11 is 5.95. The Kier molecular flexibility index (Phi) is 8.76. The molecule has 3 rings (SSSR count). The Morgan fingerprint density at radius 2 is 1.43 bits per heavy atom. The Labute approximate surface area is 209 Å². The average Bonchev–Trinajstić information content (AvgIpc) is 2.84. The lowest BCUT2D eigenvalue weighted by Crippen LogP contribution is -2.29. The number of ketones is 1. The van der Waals surface area contributed by atoms with E-state index in [-0.39, 0.29) is 36.1 Å². The highest BCUT2D eigenvalue weighted by molar-refractivity contribution is 6.30. The first kappa shape index (κ1) is 26.5. The fraction of sp³-hybridized carbons (Fsp3) is 0.286. The van der Waals surface area contributed by atoms with Crippen molar-refractivity contribution in [1.82, 2.24) is 4.90 Å². The van der Waals surface area contributed by atoms with Gasteiger partial charge in [0.25, 0.3) is 11.8 Å². The van der Waals surface area contributed by atoms with Gasteiger partial charge in [-0.05, 0) is 47.9 Å². The highest BCUT2D eigenvalue weighted by atomic mass is 35.5. The molecule has 0 unspecified atom stereocenters. The number of alkyl halides is 2. The molecule has 3 aromatic rings. The molecule has 1 atom stereocenters. The number of carbonyl (C=O) groups excluding carboxylic acids is 2. The number of ether oxygens (including phenoxy) is 1. The van der Waals surface area contributed by atoms with Crippen LogP contribution in [-0.4, -0.2) is 37.4 Å². The van der Waals surface area contributed by atoms with Crippen LogP contribution in [0, 0.1) is 0 Å². The van der Waals surface area contributed by atoms with Crippen LogP contribution >= 0.6 is 11.6 Å². The molecule has 7 heteroatoms. The molecule has 0 bridgehead atoms. The molecule has 0 aromatic heterocycles. The molecule has 0 radical (unpaired) electrons. The monoisotopic (exact) mass is 499 g/mol. The first-order valence-electron chi connectivity index (χ1n) is 11.2. The molecule has 0 aliphatic rings. The number of rotatable bonds is 10. The summed E-state index contributed by atoms with van der Waals surface area (Å²) in [4.78, 5) is 27.1. The van der Waals surface area contributed by atoms with E-state index >= 15 is 0 Å². The Morgan fingerprint density at radius 3 is 1.94 bits per heavy atom. The van der Waals surface area contributed by atoms with Gasteiger partial charge < -0.3 is 9.64 Å². The summed E-state index contributed by atoms with van der Waals surface area (Å²) < 4.78 is 32.4. The van der Waals surface area contributed by atoms with Crippen LogP contribution in [-0.2, 0) is 28.3 Å². The Bertz CT molecular complexity index is 1150. The molecule has 1 amide bonds. The van der Waals surface area contributed by atoms with Crippen molar-refractivity contribution in [3.05, 3.63) is 106 Å². The van der Waals surface area contributed by atoms with E-state index in [1.54, 1.807) is 48.3 Å². The van der Waals surface area contributed by atoms with Crippen LogP contribution in [0.4, 0.5) is 8.78 Å². The number of amides is 1. The van der Waals surface area contributed by atoms with E-state index in [1.165, 1.54) is 31.4 Å². The van der Waals surface area contributed by atoms with Gasteiger partial charge in [-0.25, -0.2) is 0 Å². The van der Waals surface area contributed by atoms with E-state index in [9.17, 15) is 18.4 Å². The Hall–Kier alpha value is -3.09. The lowest BCUT2D eigenvalue weighted by molar-refractivity contribution is -0.117. The number of carbonyl (C=O) groups is 2. The van der Waals surface area contributed by atoms with Crippen LogP contribution < -0.4 is 0 Å². The Balaban J connectivity index is 1.58. The zero-order valence-electron chi connectivity index (χ0n) is 19.9. The van der Waals surface area contributed by atoms with Gasteiger partial charge in [0.2, 0.25) is 0 Å². The minimum absolute atomic E-state index is 0.0473. The van der Waals surface area contributed by atoms with Crippen molar-refractivity contribution >= 4 is 23.3 Å². The van der Waals surface area contributed by atoms with Crippen molar-refractivity contribution in [2.75, 3.05) is 20.8 Å². The largest absolute Gasteiger partial charge is 0.378 e. The maximum Gasteiger partial charge on any atom is 0.296 e. The molecule has 0 aliphatic heterocycles. The summed E-state index contributed by atoms with van der Waals surface area (Å²) in [6, 6.07) is 19.9. The van der Waals surface area contributed by atoms with Gasteiger partial charge in [-0.3, -0.25) is 9.59 Å². The summed E-state index contributed by atoms with van der Waals surface area (Å²) in [6.07, 6.45) is 0.325. The lowest BCUT2D eigenvalue weighted by Gasteiger charge is -2.25. The van der Waals surface area contributed by atoms with Gasteiger partial charge in [-0.1, -0.05) is 60.1 Å². The number of benzene rings is 3. The minimum Gasteiger partial charge on any atom is -0.378 e. The zero-order valence-corrected chi connectivity index (χ0v) is 20.7. The number of halogens is 3. The first-order valence-corrected chi connectivity index (χ1v) is 11.6. The van der Waals surface area contributed by atoms with Crippen LogP contribution in [0.25, 0.3) is 0 Å². The van der Waals surface area contributed by atoms with Crippen molar-refractivity contribution in [1.29, 1.82) is 0 Å². The number of Topliss-reactive ketones (excluding diaryl/α,β-unsaturated/α-hetero) is 1. The molecular weight excluding hydrogens is 472 g/mol. The average molecular weight is 500 g/mol. The molecule has 3 aromatic carbocycles. The molecule has 0 saturated heterocycles. The quantitative estimate of drug-likeness (QED) is 0.330. The summed E-state index contributed by atoms with van der Waals surface area (Å²) in [5.41, 5.74) is 2.80. The number of nitrogens with zero attached hydrogens (tertiary/aromatic N) is 1. The maximum atomic E-state index is 13.9. The molecule has 0 spiro atoms. The standard InChI is InChI=1S/C28H28ClF2NO3/c1-19(22-10-14-25(29)15-11-22)32(2)27(34)23-8-4-20(5-9-23)16-26(33)17-21-6-12-24(13-7-21)28(30,31)18-35-3/h4-15,19H,16-18H2,1-3H3/t19-/m1/s1. The van der Waals surface area contributed by atoms with Gasteiger partial charge >= 0.3 is 0 Å². The maximum absolute atomic E-state index is 13.9. The highest BCUT2D eigenvalue weighted by Crippen LogP contribution is 2.28. The van der Waals surface area contributed by atoms with Crippen LogP contribution in [0.1, 0.15) is 45.6 Å². The van der Waals surface area contributed by atoms with Gasteiger partial charge in [0.1, 0.15) is 12.4 Å². The van der Waals surface area contributed by atoms with Crippen LogP contribution in [0.15, 0.2) is 72.8 Å². The summed E-state index contributed by atoms with van der Waals surface area (Å²) in [5.74, 6) is -3.25. The van der Waals surface area contributed by atoms with Crippen molar-refractivity contribution in [2.45, 2.75) is 31.7 Å². The molecule has 0 fully saturated rings. The van der Waals surface area contributed by atoms with Crippen molar-refractivity contribution in [3.8, 4) is 0 Å². The van der Waals surface area contributed by atoms with Crippen LogP contribution in [0.3, 0.4) is 0 Å². The predicted molar refractivity (Wildman–Crippen MR) is 133 cm³/mol. The van der Waals surface area contributed by atoms with E-state index in [4.69, 9.17) is 11.6 Å². The zero-order chi connectivity index (χ0) is 25.6. The summed E-state index contributed by atoms with van der Waals surface area (Å²) in [6.45, 7) is 1.25. The lowest BCUT2D eigenvalue weighted by atomic mass is 9.99. The SMILES string of the molecule is COCC(F)(F)c1ccc(CC(=O)Cc2ccc(C(=O)N(C)[C@H](C)c3ccc(Cl)cc3)cc2)cc1. The second-order valence-corrected chi connectivity index (χ2v) is 9.00. The fourth-order valence-corrected chi connectivity index (χ4v) is 3.88. The molecule has 0 aliphatic carbocycles. The van der Waals surface area contributed by atoms with Gasteiger partial charge in [-0.15, -0.1) is 0 Å². The third-order valence-electron chi connectivity index (χ3n) is 5.96. The van der Waals surface area contributed by atoms with Gasteiger partial charge in [0.15, 0.2) is 0 Å². The van der Waals surface area contributed by atoms with Crippen LogP contribution in [0.2, 0.25) is 5.02 Å². The van der Waals surface area contributed by atoms with Gasteiger partial charge in [0, 0.05) is 43.1 Å². The molecule has 4 nitrogen and oxygen atoms in total. The fourth-order valence-electron chi connectivity index (χ4n) is 3.76. The number of hydrogen-bond donors (Lipinski definition) is 0. The second kappa shape index (κ2) is 11.6. The first-order chi connectivity index (χ1) is 16.6. The molecule has 184 valence electrons. The third kappa shape index (κ3) is 6.96. The van der Waals surface area contributed by atoms with E-state index in [2.05, 4.69) is 4.74 Å². The third-order valence-corrected chi connectivity index (χ3v) is 6.21. The van der Waals surface area contributed by atoms with Crippen LogP contribution in [0.5, 0.6) is 0 Å². The van der Waals surface area contributed by atoms with Crippen molar-refractivity contribution < 1.29 is 23.1 Å². The van der Waals surface area contributed by atoms with E-state index < -0.39 is 12.5 Å². The number of hydrogen-bond acceptors (Lipinski definition) is 3. The summed E-state index contributed by atoms with van der Waals surface area (Å²) in [5, 5.41) is 0.640. The van der Waals surface area contributed by atoms with Crippen molar-refractivity contribution in [2.24, 2.45) is 0 Å². The van der Waals surface area contributed by atoms with E-state index in [0.29, 0.717) is 16.1 Å². The molecule has 0 heterocycles. The minimum atomic E-state index is -3.07. The number of methoxy groups -OCH3 is 1. The second-order valence-electron chi connectivity index (χ2n) is 8.57. The predicted octanol–water partition coefficient (Wildman–Crippen LogP) is 6.27. The van der Waals surface area contributed by atoms with E-state index in [1.807, 2.05) is 19.1 Å². The topological polar surface area (TPSA) is 46.6 Å². The summed E-state index contributed by atoms with van der Waals surface area (Å²) in [7, 11) is 2.97. The van der Waals surface area contributed by atoms with Gasteiger partial charge in [0.05, 0.1) is 6.04 Å². The van der Waals surface area contributed by atoms with Crippen molar-refractivity contribution in [3.63, 3.8) is 0 Å². The molecular formula is C28H28ClF2NO3. The molecule has 35 heavy (non-hydrogen) atoms. The molecule has 0 saturated carbocycles.